The molecule has 80 heavy (non-hydrogen) atoms. The number of benzene rings is 6. The van der Waals surface area contributed by atoms with Gasteiger partial charge in [0.2, 0.25) is 0 Å². The molecule has 11 nitrogen and oxygen atoms in total. The number of esters is 2. The first-order valence-electron chi connectivity index (χ1n) is 27.7. The summed E-state index contributed by atoms with van der Waals surface area (Å²) < 4.78 is 58.8. The number of methoxy groups -OCH3 is 2. The monoisotopic (exact) mass is 1190 g/mol. The molecule has 6 atom stereocenters. The van der Waals surface area contributed by atoms with Crippen LogP contribution in [-0.2, 0) is 34.7 Å². The van der Waals surface area contributed by atoms with Crippen molar-refractivity contribution in [3.05, 3.63) is 192 Å². The van der Waals surface area contributed by atoms with E-state index in [0.717, 1.165) is 27.4 Å². The molecule has 1 saturated heterocycles. The standard InChI is InChI=1S/C66H82O11SeSi2/c1-47(48(2)77-80(65(3,4)5,54-29-21-15-22-30-54)55-31-23-16-24-32-55)33-38-57(74-63(67)50-25-17-13-18-26-50)62-58(75-66(6,7)76-62)39-40-60(78-53-27-19-14-20-28-53)56-43-52(72-45-49-34-36-51(70-9)37-35-49)44-59(73-46-69-8)61(56)64(68)71-41-42-79(10,11)12/h13-38,43-44,47-48,57-58,60,62H,39-42,45-46H2,1-12H3/b38-33-/t47-,48+,57?,58+,60?,62?/m1/s1. The first-order valence-corrected chi connectivity index (χ1v) is 35.2. The maximum absolute atomic E-state index is 14.7. The zero-order valence-electron chi connectivity index (χ0n) is 48.8. The number of carbonyl (C=O) groups excluding carboxylic acids is 2. The van der Waals surface area contributed by atoms with Gasteiger partial charge in [-0.15, -0.1) is 0 Å². The van der Waals surface area contributed by atoms with Crippen molar-refractivity contribution in [2.75, 3.05) is 27.6 Å². The van der Waals surface area contributed by atoms with E-state index >= 15 is 0 Å². The molecule has 1 aliphatic heterocycles. The Hall–Kier alpha value is -5.81. The molecule has 6 aromatic rings. The Balaban J connectivity index is 1.26. The fraction of sp³-hybridized carbons (Fsp3) is 0.394. The average Bonchev–Trinajstić information content (AvgIpc) is 3.81. The van der Waals surface area contributed by atoms with Gasteiger partial charge in [0.1, 0.15) is 0 Å². The van der Waals surface area contributed by atoms with Crippen LogP contribution in [0.5, 0.6) is 17.2 Å². The third-order valence-electron chi connectivity index (χ3n) is 14.3. The Morgan fingerprint density at radius 3 is 1.90 bits per heavy atom. The molecule has 1 heterocycles. The number of hydrogen-bond acceptors (Lipinski definition) is 11. The molecule has 14 heteroatoms. The molecule has 0 aromatic heterocycles. The van der Waals surface area contributed by atoms with Crippen LogP contribution in [0.3, 0.4) is 0 Å². The quantitative estimate of drug-likeness (QED) is 0.0212. The van der Waals surface area contributed by atoms with Crippen LogP contribution in [0, 0.1) is 5.92 Å². The Morgan fingerprint density at radius 1 is 0.725 bits per heavy atom. The van der Waals surface area contributed by atoms with E-state index in [4.69, 9.17) is 42.3 Å². The molecule has 0 bridgehead atoms. The molecule has 0 saturated carbocycles. The van der Waals surface area contributed by atoms with Gasteiger partial charge in [0.05, 0.1) is 0 Å². The Labute approximate surface area is 483 Å². The molecule has 7 rings (SSSR count). The summed E-state index contributed by atoms with van der Waals surface area (Å²) in [6.45, 7) is 22.1. The molecule has 6 aromatic carbocycles. The van der Waals surface area contributed by atoms with Crippen molar-refractivity contribution >= 4 is 58.1 Å². The molecular formula is C66H82O11SeSi2. The Bertz CT molecular complexity index is 2870. The van der Waals surface area contributed by atoms with E-state index in [9.17, 15) is 9.59 Å². The van der Waals surface area contributed by atoms with Crippen LogP contribution in [0.2, 0.25) is 30.7 Å². The van der Waals surface area contributed by atoms with Gasteiger partial charge in [-0.25, -0.2) is 0 Å². The van der Waals surface area contributed by atoms with Crippen molar-refractivity contribution in [2.45, 2.75) is 134 Å². The third kappa shape index (κ3) is 16.7. The molecule has 0 aliphatic carbocycles. The molecule has 426 valence electrons. The topological polar surface area (TPSA) is 117 Å². The second kappa shape index (κ2) is 28.3. The number of carbonyl (C=O) groups is 2. The second-order valence-electron chi connectivity index (χ2n) is 23.1. The number of ether oxygens (including phenoxy) is 8. The molecule has 0 N–H and O–H groups in total. The van der Waals surface area contributed by atoms with Crippen molar-refractivity contribution in [1.29, 1.82) is 0 Å². The van der Waals surface area contributed by atoms with Gasteiger partial charge >= 0.3 is 390 Å². The van der Waals surface area contributed by atoms with Gasteiger partial charge in [-0.05, 0) is 15.4 Å². The van der Waals surface area contributed by atoms with Gasteiger partial charge in [0, 0.05) is 0 Å². The molecule has 1 aliphatic rings. The molecule has 0 amide bonds. The van der Waals surface area contributed by atoms with E-state index < -0.39 is 52.4 Å². The van der Waals surface area contributed by atoms with Crippen LogP contribution in [0.1, 0.15) is 98.0 Å². The van der Waals surface area contributed by atoms with E-state index in [2.05, 4.69) is 121 Å². The summed E-state index contributed by atoms with van der Waals surface area (Å²) in [5.74, 6) is -0.537. The van der Waals surface area contributed by atoms with Crippen LogP contribution in [0.25, 0.3) is 0 Å². The normalized spacial score (nSPS) is 17.1. The predicted octanol–water partition coefficient (Wildman–Crippen LogP) is 12.5. The van der Waals surface area contributed by atoms with Crippen LogP contribution in [0.15, 0.2) is 170 Å². The molecule has 0 spiro atoms. The van der Waals surface area contributed by atoms with E-state index in [1.807, 2.05) is 98.8 Å². The van der Waals surface area contributed by atoms with Crippen molar-refractivity contribution < 1.29 is 51.9 Å². The second-order valence-corrected chi connectivity index (χ2v) is 35.7. The van der Waals surface area contributed by atoms with Gasteiger partial charge in [-0.1, -0.05) is 81.4 Å². The van der Waals surface area contributed by atoms with Crippen LogP contribution >= 0.6 is 0 Å². The summed E-state index contributed by atoms with van der Waals surface area (Å²) in [5.41, 5.74) is 2.42. The molecule has 0 radical (unpaired) electrons. The first kappa shape index (κ1) is 61.8. The zero-order chi connectivity index (χ0) is 57.5. The molecule has 1 fully saturated rings. The van der Waals surface area contributed by atoms with Crippen LogP contribution < -0.4 is 29.0 Å². The summed E-state index contributed by atoms with van der Waals surface area (Å²) in [4.78, 5) is 28.7. The summed E-state index contributed by atoms with van der Waals surface area (Å²) >= 11 is -0.248. The number of hydrogen-bond donors (Lipinski definition) is 0. The molecular weight excluding hydrogens is 1100 g/mol. The van der Waals surface area contributed by atoms with Crippen LogP contribution in [-0.4, -0.2) is 101 Å². The van der Waals surface area contributed by atoms with Crippen LogP contribution in [0.4, 0.5) is 0 Å². The van der Waals surface area contributed by atoms with Gasteiger partial charge in [-0.2, -0.15) is 0 Å². The third-order valence-corrected chi connectivity index (χ3v) is 23.9. The average molecular weight is 1190 g/mol. The minimum absolute atomic E-state index is 0.103. The SMILES string of the molecule is COCOc1cc(OCc2ccc(OC)cc2)cc(C(CC[C@@H]2OC(C)(C)OC2C(/C=C\[C@@H](C)[C@H](C)O[Si](c2ccccc2)(c2ccccc2)C(C)(C)C)OC(=O)c2ccccc2)[Se]c2ccccc2)c1C(=O)OCC[Si](C)(C)C. The number of rotatable bonds is 27. The molecule has 3 unspecified atom stereocenters. The van der Waals surface area contributed by atoms with E-state index in [1.54, 1.807) is 32.4 Å². The Kier molecular flexibility index (Phi) is 21.8. The fourth-order valence-electron chi connectivity index (χ4n) is 9.94. The van der Waals surface area contributed by atoms with Gasteiger partial charge in [0.25, 0.3) is 0 Å². The van der Waals surface area contributed by atoms with Gasteiger partial charge in [0.15, 0.2) is 0 Å². The minimum atomic E-state index is -2.92. The Morgan fingerprint density at radius 2 is 1.32 bits per heavy atom. The maximum atomic E-state index is 14.7. The summed E-state index contributed by atoms with van der Waals surface area (Å²) in [7, 11) is -1.30. The summed E-state index contributed by atoms with van der Waals surface area (Å²) in [5, 5.41) is 2.16. The van der Waals surface area contributed by atoms with Crippen molar-refractivity contribution in [1.82, 2.24) is 0 Å². The summed E-state index contributed by atoms with van der Waals surface area (Å²) in [6.07, 6.45) is 2.68. The van der Waals surface area contributed by atoms with E-state index in [1.165, 1.54) is 10.4 Å². The summed E-state index contributed by atoms with van der Waals surface area (Å²) in [6, 6.07) is 52.8. The fourth-order valence-corrected chi connectivity index (χ4v) is 18.0. The van der Waals surface area contributed by atoms with Gasteiger partial charge < -0.3 is 0 Å². The zero-order valence-corrected chi connectivity index (χ0v) is 52.5. The van der Waals surface area contributed by atoms with Crippen molar-refractivity contribution in [3.63, 3.8) is 0 Å². The van der Waals surface area contributed by atoms with Crippen molar-refractivity contribution in [3.8, 4) is 17.2 Å². The van der Waals surface area contributed by atoms with E-state index in [-0.39, 0.29) is 56.8 Å². The van der Waals surface area contributed by atoms with Gasteiger partial charge in [-0.3, -0.25) is 0 Å². The van der Waals surface area contributed by atoms with E-state index in [0.29, 0.717) is 35.5 Å². The van der Waals surface area contributed by atoms with Crippen molar-refractivity contribution in [2.24, 2.45) is 5.92 Å². The predicted molar refractivity (Wildman–Crippen MR) is 324 cm³/mol. The first-order chi connectivity index (χ1) is 38.2.